The molecule has 0 bridgehead atoms. The smallest absolute Gasteiger partial charge is 0.242 e. The number of hydrogen-bond donors (Lipinski definition) is 2. The minimum absolute atomic E-state index is 0.0142. The summed E-state index contributed by atoms with van der Waals surface area (Å²) in [5.41, 5.74) is 6.36. The van der Waals surface area contributed by atoms with Gasteiger partial charge in [0.1, 0.15) is 12.0 Å². The molecule has 7 nitrogen and oxygen atoms in total. The van der Waals surface area contributed by atoms with Crippen molar-refractivity contribution in [3.8, 4) is 5.88 Å². The van der Waals surface area contributed by atoms with Gasteiger partial charge in [0.05, 0.1) is 12.6 Å². The van der Waals surface area contributed by atoms with Crippen molar-refractivity contribution in [3.05, 3.63) is 6.33 Å². The van der Waals surface area contributed by atoms with Crippen molar-refractivity contribution in [2.45, 2.75) is 20.0 Å². The highest BCUT2D eigenvalue weighted by atomic mass is 16.5. The highest BCUT2D eigenvalue weighted by Crippen LogP contribution is 2.28. The highest BCUT2D eigenvalue weighted by Gasteiger charge is 2.21. The van der Waals surface area contributed by atoms with Crippen LogP contribution in [-0.2, 0) is 4.79 Å². The first-order valence-electron chi connectivity index (χ1n) is 5.86. The highest BCUT2D eigenvalue weighted by molar-refractivity contribution is 5.84. The van der Waals surface area contributed by atoms with Crippen molar-refractivity contribution in [2.75, 3.05) is 30.3 Å². The molecule has 0 spiro atoms. The molecule has 0 aromatic carbocycles. The van der Waals surface area contributed by atoms with Crippen molar-refractivity contribution in [2.24, 2.45) is 0 Å². The number of amides is 1. The third kappa shape index (κ3) is 2.61. The summed E-state index contributed by atoms with van der Waals surface area (Å²) in [6, 6.07) is 0. The zero-order chi connectivity index (χ0) is 13.1. The van der Waals surface area contributed by atoms with Gasteiger partial charge in [-0.2, -0.15) is 4.98 Å². The van der Waals surface area contributed by atoms with E-state index < -0.39 is 0 Å². The van der Waals surface area contributed by atoms with Crippen molar-refractivity contribution in [3.63, 3.8) is 0 Å². The number of nitrogens with one attached hydrogen (secondary N) is 1. The second kappa shape index (κ2) is 5.07. The Morgan fingerprint density at radius 1 is 1.50 bits per heavy atom. The molecule has 1 aliphatic rings. The van der Waals surface area contributed by atoms with Gasteiger partial charge in [-0.1, -0.05) is 0 Å². The number of carbonyl (C=O) groups excluding carboxylic acids is 1. The van der Waals surface area contributed by atoms with E-state index in [4.69, 9.17) is 10.5 Å². The summed E-state index contributed by atoms with van der Waals surface area (Å²) in [5.74, 6) is 0.877. The molecule has 0 saturated carbocycles. The van der Waals surface area contributed by atoms with Crippen LogP contribution in [-0.4, -0.2) is 41.6 Å². The second-order valence-electron chi connectivity index (χ2n) is 4.35. The number of carbonyl (C=O) groups is 1. The minimum atomic E-state index is -0.0365. The van der Waals surface area contributed by atoms with Crippen LogP contribution in [0, 0.1) is 0 Å². The van der Waals surface area contributed by atoms with Gasteiger partial charge in [0.25, 0.3) is 0 Å². The molecular weight excluding hydrogens is 234 g/mol. The number of anilines is 2. The van der Waals surface area contributed by atoms with Crippen LogP contribution in [0.1, 0.15) is 13.8 Å². The van der Waals surface area contributed by atoms with E-state index in [9.17, 15) is 4.79 Å². The molecule has 0 atom stereocenters. The third-order valence-corrected chi connectivity index (χ3v) is 2.51. The van der Waals surface area contributed by atoms with Crippen molar-refractivity contribution in [1.82, 2.24) is 15.3 Å². The van der Waals surface area contributed by atoms with E-state index in [1.54, 1.807) is 0 Å². The average Bonchev–Trinajstić information content (AvgIpc) is 2.31. The van der Waals surface area contributed by atoms with Gasteiger partial charge >= 0.3 is 0 Å². The number of nitrogens with zero attached hydrogens (tertiary/aromatic N) is 3. The summed E-state index contributed by atoms with van der Waals surface area (Å²) in [6.45, 7) is 5.31. The maximum Gasteiger partial charge on any atom is 0.242 e. The van der Waals surface area contributed by atoms with Gasteiger partial charge in [-0.05, 0) is 13.8 Å². The third-order valence-electron chi connectivity index (χ3n) is 2.51. The van der Waals surface area contributed by atoms with Gasteiger partial charge < -0.3 is 20.7 Å². The predicted molar refractivity (Wildman–Crippen MR) is 67.4 cm³/mol. The van der Waals surface area contributed by atoms with Gasteiger partial charge in [0.15, 0.2) is 5.82 Å². The zero-order valence-electron chi connectivity index (χ0n) is 10.5. The Bertz CT molecular complexity index is 449. The SMILES string of the molecule is CC(C)Oc1ncnc(N2CCNC(=O)C2)c1N. The Hall–Kier alpha value is -2.05. The zero-order valence-corrected chi connectivity index (χ0v) is 10.5. The van der Waals surface area contributed by atoms with Crippen LogP contribution in [0.4, 0.5) is 11.5 Å². The summed E-state index contributed by atoms with van der Waals surface area (Å²) in [6.07, 6.45) is 1.38. The van der Waals surface area contributed by atoms with Crippen LogP contribution >= 0.6 is 0 Å². The van der Waals surface area contributed by atoms with Gasteiger partial charge in [0, 0.05) is 13.1 Å². The Labute approximate surface area is 105 Å². The van der Waals surface area contributed by atoms with Crippen LogP contribution in [0.15, 0.2) is 6.33 Å². The molecule has 1 aromatic heterocycles. The second-order valence-corrected chi connectivity index (χ2v) is 4.35. The molecule has 2 heterocycles. The van der Waals surface area contributed by atoms with E-state index in [-0.39, 0.29) is 18.6 Å². The molecule has 1 aromatic rings. The van der Waals surface area contributed by atoms with Gasteiger partial charge in [-0.25, -0.2) is 4.98 Å². The number of hydrogen-bond acceptors (Lipinski definition) is 6. The molecule has 1 fully saturated rings. The molecule has 7 heteroatoms. The fourth-order valence-corrected chi connectivity index (χ4v) is 1.76. The largest absolute Gasteiger partial charge is 0.473 e. The first-order chi connectivity index (χ1) is 8.58. The summed E-state index contributed by atoms with van der Waals surface area (Å²) in [7, 11) is 0. The number of nitrogen functional groups attached to an aromatic ring is 1. The molecule has 0 aliphatic carbocycles. The first kappa shape index (κ1) is 12.4. The van der Waals surface area contributed by atoms with E-state index in [2.05, 4.69) is 15.3 Å². The molecular formula is C11H17N5O2. The normalized spacial score (nSPS) is 15.7. The van der Waals surface area contributed by atoms with Crippen LogP contribution in [0.3, 0.4) is 0 Å². The molecule has 1 amide bonds. The van der Waals surface area contributed by atoms with Gasteiger partial charge in [-0.3, -0.25) is 4.79 Å². The van der Waals surface area contributed by atoms with E-state index in [0.29, 0.717) is 30.5 Å². The fraction of sp³-hybridized carbons (Fsp3) is 0.545. The number of piperazine rings is 1. The van der Waals surface area contributed by atoms with E-state index in [0.717, 1.165) is 0 Å². The molecule has 98 valence electrons. The lowest BCUT2D eigenvalue weighted by molar-refractivity contribution is -0.120. The number of rotatable bonds is 3. The Balaban J connectivity index is 2.24. The van der Waals surface area contributed by atoms with Crippen LogP contribution in [0.5, 0.6) is 5.88 Å². The quantitative estimate of drug-likeness (QED) is 0.771. The van der Waals surface area contributed by atoms with E-state index in [1.807, 2.05) is 18.7 Å². The number of aromatic nitrogens is 2. The molecule has 1 aliphatic heterocycles. The van der Waals surface area contributed by atoms with Crippen molar-refractivity contribution < 1.29 is 9.53 Å². The molecule has 3 N–H and O–H groups in total. The maximum absolute atomic E-state index is 11.4. The Kier molecular flexibility index (Phi) is 3.50. The van der Waals surface area contributed by atoms with Crippen LogP contribution in [0.25, 0.3) is 0 Å². The predicted octanol–water partition coefficient (Wildman–Crippen LogP) is -0.218. The molecule has 18 heavy (non-hydrogen) atoms. The van der Waals surface area contributed by atoms with E-state index in [1.165, 1.54) is 6.33 Å². The molecule has 1 saturated heterocycles. The topological polar surface area (TPSA) is 93.4 Å². The number of ether oxygens (including phenoxy) is 1. The molecule has 0 radical (unpaired) electrons. The van der Waals surface area contributed by atoms with E-state index >= 15 is 0 Å². The number of nitrogens with two attached hydrogens (primary N) is 1. The van der Waals surface area contributed by atoms with Crippen molar-refractivity contribution >= 4 is 17.4 Å². The minimum Gasteiger partial charge on any atom is -0.473 e. The maximum atomic E-state index is 11.4. The van der Waals surface area contributed by atoms with Crippen LogP contribution < -0.4 is 20.7 Å². The standard InChI is InChI=1S/C11H17N5O2/c1-7(2)18-11-9(12)10(14-6-15-11)16-4-3-13-8(17)5-16/h6-7H,3-5,12H2,1-2H3,(H,13,17). The average molecular weight is 251 g/mol. The van der Waals surface area contributed by atoms with Gasteiger partial charge in [-0.15, -0.1) is 0 Å². The lowest BCUT2D eigenvalue weighted by Gasteiger charge is -2.28. The molecule has 0 unspecified atom stereocenters. The van der Waals surface area contributed by atoms with Crippen LogP contribution in [0.2, 0.25) is 0 Å². The summed E-state index contributed by atoms with van der Waals surface area (Å²) in [5, 5.41) is 2.75. The summed E-state index contributed by atoms with van der Waals surface area (Å²) in [4.78, 5) is 21.3. The van der Waals surface area contributed by atoms with Gasteiger partial charge in [0.2, 0.25) is 11.8 Å². The Morgan fingerprint density at radius 3 is 2.94 bits per heavy atom. The monoisotopic (exact) mass is 251 g/mol. The first-order valence-corrected chi connectivity index (χ1v) is 5.86. The fourth-order valence-electron chi connectivity index (χ4n) is 1.76. The lowest BCUT2D eigenvalue weighted by atomic mass is 10.3. The summed E-state index contributed by atoms with van der Waals surface area (Å²) >= 11 is 0. The van der Waals surface area contributed by atoms with Crippen molar-refractivity contribution in [1.29, 1.82) is 0 Å². The lowest BCUT2D eigenvalue weighted by Crippen LogP contribution is -2.48. The summed E-state index contributed by atoms with van der Waals surface area (Å²) < 4.78 is 5.50. The molecule has 2 rings (SSSR count). The Morgan fingerprint density at radius 2 is 2.28 bits per heavy atom.